The number of hydrogen-bond acceptors (Lipinski definition) is 3. The van der Waals surface area contributed by atoms with Crippen molar-refractivity contribution in [3.05, 3.63) is 30.1 Å². The highest BCUT2D eigenvalue weighted by Crippen LogP contribution is 2.14. The number of piperidine rings is 1. The van der Waals surface area contributed by atoms with Crippen LogP contribution in [0.2, 0.25) is 0 Å². The van der Waals surface area contributed by atoms with E-state index >= 15 is 0 Å². The molecule has 1 unspecified atom stereocenters. The maximum Gasteiger partial charge on any atom is 0.224 e. The van der Waals surface area contributed by atoms with Gasteiger partial charge in [0.05, 0.1) is 12.0 Å². The quantitative estimate of drug-likeness (QED) is 0.826. The van der Waals surface area contributed by atoms with Crippen molar-refractivity contribution in [2.45, 2.75) is 25.8 Å². The number of rotatable bonds is 3. The van der Waals surface area contributed by atoms with Gasteiger partial charge in [0.15, 0.2) is 0 Å². The first-order chi connectivity index (χ1) is 8.27. The van der Waals surface area contributed by atoms with E-state index in [-0.39, 0.29) is 17.9 Å². The third kappa shape index (κ3) is 3.27. The lowest BCUT2D eigenvalue weighted by molar-refractivity contribution is -0.126. The molecule has 0 bridgehead atoms. The van der Waals surface area contributed by atoms with Crippen molar-refractivity contribution in [1.82, 2.24) is 15.6 Å². The molecule has 2 heterocycles. The number of amides is 1. The third-order valence-electron chi connectivity index (χ3n) is 3.21. The van der Waals surface area contributed by atoms with Gasteiger partial charge in [-0.3, -0.25) is 9.78 Å². The van der Waals surface area contributed by atoms with Gasteiger partial charge in [0, 0.05) is 18.9 Å². The highest BCUT2D eigenvalue weighted by Gasteiger charge is 2.22. The van der Waals surface area contributed by atoms with Crippen LogP contribution < -0.4 is 10.6 Å². The average molecular weight is 233 g/mol. The summed E-state index contributed by atoms with van der Waals surface area (Å²) in [4.78, 5) is 16.1. The maximum absolute atomic E-state index is 12.0. The summed E-state index contributed by atoms with van der Waals surface area (Å²) < 4.78 is 0. The molecule has 0 radical (unpaired) electrons. The lowest BCUT2D eigenvalue weighted by Gasteiger charge is -2.24. The van der Waals surface area contributed by atoms with E-state index in [0.29, 0.717) is 0 Å². The van der Waals surface area contributed by atoms with Gasteiger partial charge in [-0.15, -0.1) is 0 Å². The van der Waals surface area contributed by atoms with Gasteiger partial charge in [-0.1, -0.05) is 6.07 Å². The number of nitrogens with one attached hydrogen (secondary N) is 2. The molecular formula is C13H19N3O. The molecule has 92 valence electrons. The standard InChI is InChI=1S/C13H19N3O/c1-10(11-4-2-6-14-8-11)16-13(17)12-5-3-7-15-9-12/h2,4,6,8,10,12,15H,3,5,7,9H2,1H3,(H,16,17)/t10?,12-/m0/s1. The van der Waals surface area contributed by atoms with E-state index in [1.54, 1.807) is 12.4 Å². The molecule has 1 fully saturated rings. The van der Waals surface area contributed by atoms with Gasteiger partial charge in [-0.25, -0.2) is 0 Å². The molecule has 0 spiro atoms. The first kappa shape index (κ1) is 12.0. The summed E-state index contributed by atoms with van der Waals surface area (Å²) in [7, 11) is 0. The summed E-state index contributed by atoms with van der Waals surface area (Å²) in [5.74, 6) is 0.261. The number of aromatic nitrogens is 1. The fraction of sp³-hybridized carbons (Fsp3) is 0.538. The first-order valence-electron chi connectivity index (χ1n) is 6.18. The number of pyridine rings is 1. The molecule has 17 heavy (non-hydrogen) atoms. The van der Waals surface area contributed by atoms with Crippen molar-refractivity contribution in [3.63, 3.8) is 0 Å². The van der Waals surface area contributed by atoms with Gasteiger partial charge >= 0.3 is 0 Å². The molecular weight excluding hydrogens is 214 g/mol. The van der Waals surface area contributed by atoms with Crippen LogP contribution in [0.4, 0.5) is 0 Å². The zero-order valence-electron chi connectivity index (χ0n) is 10.1. The summed E-state index contributed by atoms with van der Waals surface area (Å²) in [6.45, 7) is 3.82. The summed E-state index contributed by atoms with van der Waals surface area (Å²) in [5.41, 5.74) is 1.05. The van der Waals surface area contributed by atoms with Crippen LogP contribution in [0.15, 0.2) is 24.5 Å². The minimum absolute atomic E-state index is 0.0260. The highest BCUT2D eigenvalue weighted by atomic mass is 16.1. The van der Waals surface area contributed by atoms with Crippen molar-refractivity contribution >= 4 is 5.91 Å². The zero-order valence-corrected chi connectivity index (χ0v) is 10.1. The van der Waals surface area contributed by atoms with Gasteiger partial charge in [-0.2, -0.15) is 0 Å². The molecule has 1 aliphatic heterocycles. The van der Waals surface area contributed by atoms with E-state index in [1.807, 2.05) is 19.1 Å². The minimum Gasteiger partial charge on any atom is -0.349 e. The van der Waals surface area contributed by atoms with Crippen LogP contribution >= 0.6 is 0 Å². The van der Waals surface area contributed by atoms with Crippen LogP contribution in [0, 0.1) is 5.92 Å². The van der Waals surface area contributed by atoms with Crippen molar-refractivity contribution < 1.29 is 4.79 Å². The van der Waals surface area contributed by atoms with E-state index in [0.717, 1.165) is 31.5 Å². The molecule has 1 aromatic heterocycles. The molecule has 2 atom stereocenters. The largest absolute Gasteiger partial charge is 0.349 e. The predicted molar refractivity (Wildman–Crippen MR) is 66.4 cm³/mol. The molecule has 2 rings (SSSR count). The molecule has 1 amide bonds. The summed E-state index contributed by atoms with van der Waals surface area (Å²) >= 11 is 0. The molecule has 4 nitrogen and oxygen atoms in total. The van der Waals surface area contributed by atoms with Gasteiger partial charge in [-0.05, 0) is 37.9 Å². The molecule has 2 N–H and O–H groups in total. The highest BCUT2D eigenvalue weighted by molar-refractivity contribution is 5.79. The Morgan fingerprint density at radius 2 is 2.53 bits per heavy atom. The van der Waals surface area contributed by atoms with Gasteiger partial charge < -0.3 is 10.6 Å². The van der Waals surface area contributed by atoms with Crippen LogP contribution in [0.5, 0.6) is 0 Å². The first-order valence-corrected chi connectivity index (χ1v) is 6.18. The molecule has 1 aliphatic rings. The number of carbonyl (C=O) groups is 1. The number of hydrogen-bond donors (Lipinski definition) is 2. The van der Waals surface area contributed by atoms with E-state index < -0.39 is 0 Å². The Balaban J connectivity index is 1.89. The Labute approximate surface area is 102 Å². The molecule has 1 saturated heterocycles. The molecule has 1 aromatic rings. The summed E-state index contributed by atoms with van der Waals surface area (Å²) in [6, 6.07) is 3.90. The fourth-order valence-electron chi connectivity index (χ4n) is 2.12. The second-order valence-electron chi connectivity index (χ2n) is 4.56. The van der Waals surface area contributed by atoms with Crippen LogP contribution in [0.25, 0.3) is 0 Å². The van der Waals surface area contributed by atoms with Crippen LogP contribution in [-0.4, -0.2) is 24.0 Å². The average Bonchev–Trinajstić information content (AvgIpc) is 2.40. The van der Waals surface area contributed by atoms with E-state index in [2.05, 4.69) is 15.6 Å². The van der Waals surface area contributed by atoms with Crippen molar-refractivity contribution in [3.8, 4) is 0 Å². The van der Waals surface area contributed by atoms with Crippen LogP contribution in [-0.2, 0) is 4.79 Å². The number of carbonyl (C=O) groups excluding carboxylic acids is 1. The van der Waals surface area contributed by atoms with Crippen molar-refractivity contribution in [1.29, 1.82) is 0 Å². The monoisotopic (exact) mass is 233 g/mol. The topological polar surface area (TPSA) is 54.0 Å². The Hall–Kier alpha value is -1.42. The maximum atomic E-state index is 12.0. The Kier molecular flexibility index (Phi) is 4.09. The lowest BCUT2D eigenvalue weighted by atomic mass is 9.98. The van der Waals surface area contributed by atoms with Gasteiger partial charge in [0.25, 0.3) is 0 Å². The second-order valence-corrected chi connectivity index (χ2v) is 4.56. The third-order valence-corrected chi connectivity index (χ3v) is 3.21. The van der Waals surface area contributed by atoms with Crippen LogP contribution in [0.1, 0.15) is 31.4 Å². The predicted octanol–water partition coefficient (Wildman–Crippen LogP) is 1.26. The molecule has 4 heteroatoms. The van der Waals surface area contributed by atoms with Gasteiger partial charge in [0.2, 0.25) is 5.91 Å². The Morgan fingerprint density at radius 3 is 3.18 bits per heavy atom. The number of nitrogens with zero attached hydrogens (tertiary/aromatic N) is 1. The van der Waals surface area contributed by atoms with E-state index in [1.165, 1.54) is 0 Å². The molecule has 0 aromatic carbocycles. The van der Waals surface area contributed by atoms with Crippen molar-refractivity contribution in [2.75, 3.05) is 13.1 Å². The zero-order chi connectivity index (χ0) is 12.1. The molecule has 0 aliphatic carbocycles. The Bertz CT molecular complexity index is 360. The second kappa shape index (κ2) is 5.77. The smallest absolute Gasteiger partial charge is 0.224 e. The normalized spacial score (nSPS) is 21.8. The van der Waals surface area contributed by atoms with Gasteiger partial charge in [0.1, 0.15) is 0 Å². The van der Waals surface area contributed by atoms with Crippen molar-refractivity contribution in [2.24, 2.45) is 5.92 Å². The summed E-state index contributed by atoms with van der Waals surface area (Å²) in [6.07, 6.45) is 5.60. The molecule has 0 saturated carbocycles. The minimum atomic E-state index is 0.0260. The van der Waals surface area contributed by atoms with E-state index in [9.17, 15) is 4.79 Å². The lowest BCUT2D eigenvalue weighted by Crippen LogP contribution is -2.41. The Morgan fingerprint density at radius 1 is 1.65 bits per heavy atom. The van der Waals surface area contributed by atoms with E-state index in [4.69, 9.17) is 0 Å². The summed E-state index contributed by atoms with van der Waals surface area (Å²) in [5, 5.41) is 6.30. The fourth-order valence-corrected chi connectivity index (χ4v) is 2.12. The SMILES string of the molecule is CC(NC(=O)[C@H]1CCCNC1)c1cccnc1. The van der Waals surface area contributed by atoms with Crippen LogP contribution in [0.3, 0.4) is 0 Å².